The molecule has 1 atom stereocenters. The molecule has 0 fully saturated rings. The second-order valence-electron chi connectivity index (χ2n) is 19.9. The standard InChI is InChI=1S/C62H112O6/c1-4-7-10-13-16-19-21-23-25-27-29-31-33-35-37-39-41-43-46-49-52-55-61(64)67-58-59(57-66-60(63)54-51-48-45-18-15-12-9-6-3)68-62(65)56-53-50-47-44-42-40-38-36-34-32-30-28-26-24-22-20-17-14-11-8-5-2/h21,23,27-30,33,35,59H,4-20,22,24-26,31-32,34,36-58H2,1-3H3/b23-21-,29-27-,30-28-,35-33-. The van der Waals surface area contributed by atoms with Crippen LogP contribution < -0.4 is 0 Å². The SMILES string of the molecule is CCCCCCC/C=C\C/C=C\C/C=C\CCCCCCCCC(=O)OCC(COC(=O)CCCCCCCCCC)OC(=O)CCCCCCCCCCC/C=C\CCCCCCCCCC. The highest BCUT2D eigenvalue weighted by atomic mass is 16.6. The molecule has 0 aromatic carbocycles. The summed E-state index contributed by atoms with van der Waals surface area (Å²) in [6.07, 6.45) is 69.7. The van der Waals surface area contributed by atoms with Crippen LogP contribution in [0.15, 0.2) is 48.6 Å². The second kappa shape index (κ2) is 57.0. The topological polar surface area (TPSA) is 78.9 Å². The van der Waals surface area contributed by atoms with Gasteiger partial charge in [0, 0.05) is 19.3 Å². The van der Waals surface area contributed by atoms with E-state index in [1.807, 2.05) is 0 Å². The normalized spacial score (nSPS) is 12.3. The van der Waals surface area contributed by atoms with Crippen molar-refractivity contribution >= 4 is 17.9 Å². The lowest BCUT2D eigenvalue weighted by Crippen LogP contribution is -2.30. The largest absolute Gasteiger partial charge is 0.462 e. The van der Waals surface area contributed by atoms with E-state index in [0.717, 1.165) is 77.0 Å². The fraction of sp³-hybridized carbons (Fsp3) is 0.823. The van der Waals surface area contributed by atoms with Crippen molar-refractivity contribution < 1.29 is 28.6 Å². The van der Waals surface area contributed by atoms with Crippen LogP contribution >= 0.6 is 0 Å². The molecule has 0 radical (unpaired) electrons. The molecule has 0 spiro atoms. The highest BCUT2D eigenvalue weighted by Crippen LogP contribution is 2.16. The molecule has 0 aromatic heterocycles. The number of rotatable bonds is 54. The van der Waals surface area contributed by atoms with Crippen LogP contribution in [0.25, 0.3) is 0 Å². The number of esters is 3. The summed E-state index contributed by atoms with van der Waals surface area (Å²) < 4.78 is 16.8. The third-order valence-electron chi connectivity index (χ3n) is 13.1. The first kappa shape index (κ1) is 65.4. The van der Waals surface area contributed by atoms with Crippen molar-refractivity contribution in [1.29, 1.82) is 0 Å². The molecule has 1 unspecified atom stereocenters. The Morgan fingerprint density at radius 2 is 0.529 bits per heavy atom. The molecule has 0 saturated carbocycles. The lowest BCUT2D eigenvalue weighted by atomic mass is 10.1. The minimum Gasteiger partial charge on any atom is -0.462 e. The van der Waals surface area contributed by atoms with Crippen molar-refractivity contribution in [2.75, 3.05) is 13.2 Å². The molecular weight excluding hydrogens is 841 g/mol. The Bertz CT molecular complexity index is 1190. The van der Waals surface area contributed by atoms with Gasteiger partial charge >= 0.3 is 17.9 Å². The molecule has 68 heavy (non-hydrogen) atoms. The number of allylic oxidation sites excluding steroid dienone is 8. The first-order valence-corrected chi connectivity index (χ1v) is 29.6. The Morgan fingerprint density at radius 3 is 0.838 bits per heavy atom. The number of unbranched alkanes of at least 4 members (excludes halogenated alkanes) is 35. The average Bonchev–Trinajstić information content (AvgIpc) is 3.34. The quantitative estimate of drug-likeness (QED) is 0.0262. The summed E-state index contributed by atoms with van der Waals surface area (Å²) >= 11 is 0. The summed E-state index contributed by atoms with van der Waals surface area (Å²) in [7, 11) is 0. The predicted molar refractivity (Wildman–Crippen MR) is 293 cm³/mol. The smallest absolute Gasteiger partial charge is 0.306 e. The van der Waals surface area contributed by atoms with Gasteiger partial charge in [0.25, 0.3) is 0 Å². The van der Waals surface area contributed by atoms with E-state index < -0.39 is 6.10 Å². The third kappa shape index (κ3) is 54.3. The van der Waals surface area contributed by atoms with Crippen LogP contribution in [-0.2, 0) is 28.6 Å². The second-order valence-corrected chi connectivity index (χ2v) is 19.9. The minimum absolute atomic E-state index is 0.0761. The number of ether oxygens (including phenoxy) is 3. The van der Waals surface area contributed by atoms with Gasteiger partial charge in [0.2, 0.25) is 0 Å². The van der Waals surface area contributed by atoms with Crippen LogP contribution in [0.1, 0.15) is 310 Å². The third-order valence-corrected chi connectivity index (χ3v) is 13.1. The maximum atomic E-state index is 12.8. The van der Waals surface area contributed by atoms with Crippen molar-refractivity contribution in [1.82, 2.24) is 0 Å². The predicted octanol–water partition coefficient (Wildman–Crippen LogP) is 19.8. The van der Waals surface area contributed by atoms with E-state index in [2.05, 4.69) is 69.4 Å². The van der Waals surface area contributed by atoms with Crippen molar-refractivity contribution in [3.8, 4) is 0 Å². The number of hydrogen-bond donors (Lipinski definition) is 0. The molecular formula is C62H112O6. The Morgan fingerprint density at radius 1 is 0.294 bits per heavy atom. The number of carbonyl (C=O) groups is 3. The fourth-order valence-electron chi connectivity index (χ4n) is 8.56. The molecule has 0 amide bonds. The summed E-state index contributed by atoms with van der Waals surface area (Å²) in [6, 6.07) is 0. The molecule has 0 saturated heterocycles. The van der Waals surface area contributed by atoms with Crippen LogP contribution in [0.2, 0.25) is 0 Å². The molecule has 0 aliphatic heterocycles. The first-order chi connectivity index (χ1) is 33.5. The number of hydrogen-bond acceptors (Lipinski definition) is 6. The molecule has 0 bridgehead atoms. The zero-order valence-corrected chi connectivity index (χ0v) is 45.4. The fourth-order valence-corrected chi connectivity index (χ4v) is 8.56. The molecule has 6 heteroatoms. The van der Waals surface area contributed by atoms with E-state index in [-0.39, 0.29) is 31.1 Å². The van der Waals surface area contributed by atoms with Gasteiger partial charge < -0.3 is 14.2 Å². The van der Waals surface area contributed by atoms with E-state index in [4.69, 9.17) is 14.2 Å². The zero-order chi connectivity index (χ0) is 49.3. The zero-order valence-electron chi connectivity index (χ0n) is 45.4. The monoisotopic (exact) mass is 953 g/mol. The Hall–Kier alpha value is -2.63. The molecule has 0 aliphatic carbocycles. The summed E-state index contributed by atoms with van der Waals surface area (Å²) in [5, 5.41) is 0. The van der Waals surface area contributed by atoms with Crippen LogP contribution in [0.4, 0.5) is 0 Å². The molecule has 0 aliphatic rings. The lowest BCUT2D eigenvalue weighted by Gasteiger charge is -2.18. The van der Waals surface area contributed by atoms with Gasteiger partial charge in [-0.15, -0.1) is 0 Å². The Balaban J connectivity index is 4.24. The van der Waals surface area contributed by atoms with Gasteiger partial charge in [-0.25, -0.2) is 0 Å². The molecule has 0 heterocycles. The van der Waals surface area contributed by atoms with Gasteiger partial charge in [0.05, 0.1) is 0 Å². The average molecular weight is 954 g/mol. The molecule has 6 nitrogen and oxygen atoms in total. The highest BCUT2D eigenvalue weighted by Gasteiger charge is 2.19. The molecule has 0 rings (SSSR count). The van der Waals surface area contributed by atoms with Crippen molar-refractivity contribution in [3.63, 3.8) is 0 Å². The molecule has 0 aromatic rings. The van der Waals surface area contributed by atoms with Crippen LogP contribution in [-0.4, -0.2) is 37.2 Å². The van der Waals surface area contributed by atoms with E-state index in [0.29, 0.717) is 19.3 Å². The van der Waals surface area contributed by atoms with Crippen LogP contribution in [0, 0.1) is 0 Å². The minimum atomic E-state index is -0.777. The van der Waals surface area contributed by atoms with Crippen molar-refractivity contribution in [3.05, 3.63) is 48.6 Å². The van der Waals surface area contributed by atoms with E-state index in [1.54, 1.807) is 0 Å². The number of carbonyl (C=O) groups excluding carboxylic acids is 3. The van der Waals surface area contributed by atoms with Gasteiger partial charge in [0.1, 0.15) is 13.2 Å². The highest BCUT2D eigenvalue weighted by molar-refractivity contribution is 5.71. The van der Waals surface area contributed by atoms with Gasteiger partial charge in [-0.1, -0.05) is 256 Å². The van der Waals surface area contributed by atoms with Crippen LogP contribution in [0.3, 0.4) is 0 Å². The van der Waals surface area contributed by atoms with Crippen molar-refractivity contribution in [2.24, 2.45) is 0 Å². The van der Waals surface area contributed by atoms with Crippen LogP contribution in [0.5, 0.6) is 0 Å². The van der Waals surface area contributed by atoms with Gasteiger partial charge in [-0.05, 0) is 83.5 Å². The van der Waals surface area contributed by atoms with E-state index >= 15 is 0 Å². The van der Waals surface area contributed by atoms with Gasteiger partial charge in [-0.3, -0.25) is 14.4 Å². The Kier molecular flexibility index (Phi) is 54.8. The lowest BCUT2D eigenvalue weighted by molar-refractivity contribution is -0.167. The van der Waals surface area contributed by atoms with Crippen molar-refractivity contribution in [2.45, 2.75) is 316 Å². The Labute approximate surface area is 422 Å². The first-order valence-electron chi connectivity index (χ1n) is 29.6. The van der Waals surface area contributed by atoms with E-state index in [1.165, 1.54) is 193 Å². The summed E-state index contributed by atoms with van der Waals surface area (Å²) in [5.41, 5.74) is 0. The summed E-state index contributed by atoms with van der Waals surface area (Å²) in [6.45, 7) is 6.62. The van der Waals surface area contributed by atoms with E-state index in [9.17, 15) is 14.4 Å². The maximum Gasteiger partial charge on any atom is 0.306 e. The van der Waals surface area contributed by atoms with Gasteiger partial charge in [-0.2, -0.15) is 0 Å². The molecule has 396 valence electrons. The maximum absolute atomic E-state index is 12.8. The summed E-state index contributed by atoms with van der Waals surface area (Å²) in [5.74, 6) is -0.882. The van der Waals surface area contributed by atoms with Gasteiger partial charge in [0.15, 0.2) is 6.10 Å². The molecule has 0 N–H and O–H groups in total. The summed E-state index contributed by atoms with van der Waals surface area (Å²) in [4.78, 5) is 38.0.